The van der Waals surface area contributed by atoms with Crippen LogP contribution in [-0.2, 0) is 21.9 Å². The van der Waals surface area contributed by atoms with Gasteiger partial charge in [-0.25, -0.2) is 8.42 Å². The molecule has 2 rings (SSSR count). The molecular formula is C11H17N3O4S2. The molecule has 1 N–H and O–H groups in total. The van der Waals surface area contributed by atoms with Gasteiger partial charge in [0.05, 0.1) is 11.6 Å². The topological polar surface area (TPSA) is 92.5 Å². The molecule has 0 aliphatic carbocycles. The van der Waals surface area contributed by atoms with E-state index in [1.807, 2.05) is 13.8 Å². The molecule has 0 saturated carbocycles. The fourth-order valence-corrected chi connectivity index (χ4v) is 5.84. The number of aryl methyl sites for hydroxylation is 1. The van der Waals surface area contributed by atoms with Crippen LogP contribution in [0.25, 0.3) is 0 Å². The second-order valence-corrected chi connectivity index (χ2v) is 8.00. The van der Waals surface area contributed by atoms with Gasteiger partial charge in [-0.2, -0.15) is 9.40 Å². The highest BCUT2D eigenvalue weighted by Gasteiger charge is 2.47. The normalized spacial score (nSPS) is 24.4. The predicted octanol–water partition coefficient (Wildman–Crippen LogP) is 0.593. The minimum absolute atomic E-state index is 0.0239. The highest BCUT2D eigenvalue weighted by Crippen LogP contribution is 2.38. The predicted molar refractivity (Wildman–Crippen MR) is 74.7 cm³/mol. The summed E-state index contributed by atoms with van der Waals surface area (Å²) in [5, 5.41) is 12.7. The van der Waals surface area contributed by atoms with E-state index in [9.17, 15) is 18.3 Å². The summed E-state index contributed by atoms with van der Waals surface area (Å²) in [5.74, 6) is -0.832. The average Bonchev–Trinajstić information content (AvgIpc) is 2.94. The number of hydrogen-bond donors (Lipinski definition) is 1. The third-order valence-corrected chi connectivity index (χ3v) is 6.69. The zero-order valence-corrected chi connectivity index (χ0v) is 13.1. The Morgan fingerprint density at radius 2 is 2.20 bits per heavy atom. The van der Waals surface area contributed by atoms with Crippen molar-refractivity contribution in [2.45, 2.75) is 30.2 Å². The summed E-state index contributed by atoms with van der Waals surface area (Å²) in [7, 11) is -2.24. The molecule has 1 fully saturated rings. The van der Waals surface area contributed by atoms with Gasteiger partial charge in [0, 0.05) is 19.0 Å². The van der Waals surface area contributed by atoms with Crippen molar-refractivity contribution in [1.82, 2.24) is 14.1 Å². The van der Waals surface area contributed by atoms with Crippen LogP contribution in [0.15, 0.2) is 17.3 Å². The van der Waals surface area contributed by atoms with E-state index in [4.69, 9.17) is 0 Å². The lowest BCUT2D eigenvalue weighted by Gasteiger charge is -2.28. The Morgan fingerprint density at radius 1 is 1.55 bits per heavy atom. The third-order valence-electron chi connectivity index (χ3n) is 3.09. The van der Waals surface area contributed by atoms with Crippen LogP contribution in [0.2, 0.25) is 0 Å². The molecule has 0 spiro atoms. The number of carboxylic acids is 1. The van der Waals surface area contributed by atoms with Gasteiger partial charge < -0.3 is 5.11 Å². The largest absolute Gasteiger partial charge is 0.480 e. The Morgan fingerprint density at radius 3 is 2.65 bits per heavy atom. The quantitative estimate of drug-likeness (QED) is 0.873. The van der Waals surface area contributed by atoms with Crippen LogP contribution < -0.4 is 0 Å². The number of carboxylic acid groups (broad SMARTS) is 1. The highest BCUT2D eigenvalue weighted by molar-refractivity contribution is 8.01. The van der Waals surface area contributed by atoms with Crippen LogP contribution in [-0.4, -0.2) is 50.7 Å². The van der Waals surface area contributed by atoms with E-state index in [1.165, 1.54) is 28.8 Å². The number of sulfonamides is 1. The van der Waals surface area contributed by atoms with Crippen molar-refractivity contribution in [2.24, 2.45) is 13.0 Å². The van der Waals surface area contributed by atoms with Crippen LogP contribution in [0.3, 0.4) is 0 Å². The molecule has 1 saturated heterocycles. The van der Waals surface area contributed by atoms with Crippen molar-refractivity contribution in [2.75, 3.05) is 5.75 Å². The zero-order chi connectivity index (χ0) is 15.1. The molecule has 0 radical (unpaired) electrons. The Bertz CT molecular complexity index is 611. The van der Waals surface area contributed by atoms with Gasteiger partial charge in [0.15, 0.2) is 0 Å². The first-order valence-corrected chi connectivity index (χ1v) is 8.60. The summed E-state index contributed by atoms with van der Waals surface area (Å²) in [5.41, 5.74) is 0. The summed E-state index contributed by atoms with van der Waals surface area (Å²) in [6.45, 7) is 3.77. The van der Waals surface area contributed by atoms with Crippen molar-refractivity contribution in [3.63, 3.8) is 0 Å². The lowest BCUT2D eigenvalue weighted by Crippen LogP contribution is -2.46. The van der Waals surface area contributed by atoms with Crippen LogP contribution in [0.4, 0.5) is 0 Å². The van der Waals surface area contributed by atoms with E-state index < -0.39 is 22.0 Å². The zero-order valence-electron chi connectivity index (χ0n) is 11.4. The fourth-order valence-electron chi connectivity index (χ4n) is 2.14. The maximum absolute atomic E-state index is 12.7. The first-order chi connectivity index (χ1) is 9.25. The lowest BCUT2D eigenvalue weighted by molar-refractivity contribution is -0.140. The standard InChI is InChI=1S/C11H17N3O4S2/c1-7(2)10-14(9(6-19-10)11(15)16)20(17,18)8-4-12-13(3)5-8/h4-5,7,9-10H,6H2,1-3H3,(H,15,16). The van der Waals surface area contributed by atoms with E-state index in [0.717, 1.165) is 4.31 Å². The molecule has 1 aromatic rings. The van der Waals surface area contributed by atoms with Gasteiger partial charge in [0.25, 0.3) is 0 Å². The fraction of sp³-hybridized carbons (Fsp3) is 0.636. The monoisotopic (exact) mass is 319 g/mol. The van der Waals surface area contributed by atoms with Gasteiger partial charge in [-0.3, -0.25) is 9.48 Å². The number of hydrogen-bond acceptors (Lipinski definition) is 5. The van der Waals surface area contributed by atoms with E-state index >= 15 is 0 Å². The van der Waals surface area contributed by atoms with Crippen molar-refractivity contribution < 1.29 is 18.3 Å². The maximum atomic E-state index is 12.7. The van der Waals surface area contributed by atoms with Crippen LogP contribution in [0, 0.1) is 5.92 Å². The maximum Gasteiger partial charge on any atom is 0.322 e. The average molecular weight is 319 g/mol. The summed E-state index contributed by atoms with van der Waals surface area (Å²) < 4.78 is 27.8. The van der Waals surface area contributed by atoms with Crippen molar-refractivity contribution in [3.05, 3.63) is 12.4 Å². The molecule has 1 aliphatic heterocycles. The summed E-state index contributed by atoms with van der Waals surface area (Å²) >= 11 is 1.36. The van der Waals surface area contributed by atoms with Crippen LogP contribution >= 0.6 is 11.8 Å². The SMILES string of the molecule is CC(C)C1SCC(C(=O)O)N1S(=O)(=O)c1cnn(C)c1. The molecule has 20 heavy (non-hydrogen) atoms. The summed E-state index contributed by atoms with van der Waals surface area (Å²) in [6.07, 6.45) is 2.63. The van der Waals surface area contributed by atoms with Crippen molar-refractivity contribution in [1.29, 1.82) is 0 Å². The lowest BCUT2D eigenvalue weighted by atomic mass is 10.2. The second-order valence-electron chi connectivity index (χ2n) is 5.01. The number of thioether (sulfide) groups is 1. The number of aliphatic carboxylic acids is 1. The van der Waals surface area contributed by atoms with E-state index in [1.54, 1.807) is 7.05 Å². The molecule has 7 nitrogen and oxygen atoms in total. The molecule has 2 unspecified atom stereocenters. The van der Waals surface area contributed by atoms with Gasteiger partial charge in [-0.15, -0.1) is 11.8 Å². The first kappa shape index (κ1) is 15.3. The first-order valence-electron chi connectivity index (χ1n) is 6.11. The van der Waals surface area contributed by atoms with Crippen molar-refractivity contribution >= 4 is 27.8 Å². The molecule has 112 valence electrons. The minimum Gasteiger partial charge on any atom is -0.480 e. The van der Waals surface area contributed by atoms with E-state index in [-0.39, 0.29) is 21.9 Å². The molecule has 2 heterocycles. The molecule has 1 aliphatic rings. The van der Waals surface area contributed by atoms with Gasteiger partial charge in [0.2, 0.25) is 10.0 Å². The molecule has 0 bridgehead atoms. The van der Waals surface area contributed by atoms with Gasteiger partial charge in [-0.1, -0.05) is 13.8 Å². The summed E-state index contributed by atoms with van der Waals surface area (Å²) in [6, 6.07) is -1.03. The minimum atomic E-state index is -3.86. The number of aromatic nitrogens is 2. The molecule has 0 aromatic carbocycles. The van der Waals surface area contributed by atoms with E-state index in [2.05, 4.69) is 5.10 Å². The molecule has 0 amide bonds. The van der Waals surface area contributed by atoms with Crippen molar-refractivity contribution in [3.8, 4) is 0 Å². The van der Waals surface area contributed by atoms with Crippen LogP contribution in [0.5, 0.6) is 0 Å². The Hall–Kier alpha value is -1.06. The number of nitrogens with zero attached hydrogens (tertiary/aromatic N) is 3. The molecular weight excluding hydrogens is 302 g/mol. The summed E-state index contributed by atoms with van der Waals surface area (Å²) in [4.78, 5) is 11.4. The van der Waals surface area contributed by atoms with Gasteiger partial charge >= 0.3 is 5.97 Å². The smallest absolute Gasteiger partial charge is 0.322 e. The number of rotatable bonds is 4. The Balaban J connectivity index is 2.46. The Kier molecular flexibility index (Phi) is 4.12. The second kappa shape index (κ2) is 5.38. The number of carbonyl (C=O) groups is 1. The molecule has 2 atom stereocenters. The Labute approximate surface area is 122 Å². The van der Waals surface area contributed by atoms with Crippen LogP contribution in [0.1, 0.15) is 13.8 Å². The van der Waals surface area contributed by atoms with Gasteiger partial charge in [-0.05, 0) is 5.92 Å². The van der Waals surface area contributed by atoms with Gasteiger partial charge in [0.1, 0.15) is 10.9 Å². The highest BCUT2D eigenvalue weighted by atomic mass is 32.2. The molecule has 9 heteroatoms. The van der Waals surface area contributed by atoms with E-state index in [0.29, 0.717) is 0 Å². The third kappa shape index (κ3) is 2.57. The molecule has 1 aromatic heterocycles.